The molecule has 1 aliphatic carbocycles. The first-order chi connectivity index (χ1) is 10.0. The topological polar surface area (TPSA) is 79.6 Å². The summed E-state index contributed by atoms with van der Waals surface area (Å²) in [5.41, 5.74) is 0. The van der Waals surface area contributed by atoms with Crippen molar-refractivity contribution in [3.05, 3.63) is 23.7 Å². The van der Waals surface area contributed by atoms with E-state index >= 15 is 0 Å². The lowest BCUT2D eigenvalue weighted by Crippen LogP contribution is -2.53. The van der Waals surface area contributed by atoms with Crippen molar-refractivity contribution in [3.63, 3.8) is 0 Å². The summed E-state index contributed by atoms with van der Waals surface area (Å²) >= 11 is 0. The van der Waals surface area contributed by atoms with Gasteiger partial charge >= 0.3 is 0 Å². The molecule has 1 aromatic rings. The molecule has 1 aliphatic heterocycles. The summed E-state index contributed by atoms with van der Waals surface area (Å²) in [5, 5.41) is 2.17. The number of furan rings is 1. The number of carbonyl (C=O) groups is 3. The number of hydrogen-bond donors (Lipinski definition) is 1. The van der Waals surface area contributed by atoms with Gasteiger partial charge in [0.1, 0.15) is 24.6 Å². The highest BCUT2D eigenvalue weighted by molar-refractivity contribution is 6.02. The van der Waals surface area contributed by atoms with Crippen LogP contribution in [-0.4, -0.2) is 35.7 Å². The normalized spacial score (nSPS) is 24.9. The number of nitrogens with zero attached hydrogens (tertiary/aromatic N) is 1. The first-order valence-electron chi connectivity index (χ1n) is 7.22. The molecule has 21 heavy (non-hydrogen) atoms. The monoisotopic (exact) mass is 290 g/mol. The van der Waals surface area contributed by atoms with Crippen molar-refractivity contribution < 1.29 is 18.8 Å². The number of carbonyl (C=O) groups excluding carboxylic acids is 3. The van der Waals surface area contributed by atoms with Crippen molar-refractivity contribution in [2.24, 2.45) is 5.92 Å². The molecule has 112 valence electrons. The van der Waals surface area contributed by atoms with Crippen LogP contribution in [0.5, 0.6) is 0 Å². The molecular weight excluding hydrogens is 272 g/mol. The van der Waals surface area contributed by atoms with Crippen molar-refractivity contribution in [2.45, 2.75) is 32.1 Å². The molecule has 3 rings (SSSR count). The highest BCUT2D eigenvalue weighted by Gasteiger charge is 2.36. The minimum Gasteiger partial charge on any atom is -0.466 e. The van der Waals surface area contributed by atoms with Gasteiger partial charge in [0.25, 0.3) is 0 Å². The molecule has 2 heterocycles. The lowest BCUT2D eigenvalue weighted by Gasteiger charge is -2.25. The van der Waals surface area contributed by atoms with Crippen LogP contribution < -0.4 is 5.32 Å². The van der Waals surface area contributed by atoms with Crippen molar-refractivity contribution in [1.82, 2.24) is 10.2 Å². The molecule has 0 radical (unpaired) electrons. The van der Waals surface area contributed by atoms with Gasteiger partial charge in [0.2, 0.25) is 17.7 Å². The molecule has 2 fully saturated rings. The number of imide groups is 1. The van der Waals surface area contributed by atoms with Crippen LogP contribution in [0.1, 0.15) is 37.2 Å². The van der Waals surface area contributed by atoms with Gasteiger partial charge < -0.3 is 9.32 Å². The van der Waals surface area contributed by atoms with Gasteiger partial charge in [0, 0.05) is 18.8 Å². The Morgan fingerprint density at radius 3 is 2.62 bits per heavy atom. The third-order valence-corrected chi connectivity index (χ3v) is 4.04. The van der Waals surface area contributed by atoms with Gasteiger partial charge in [-0.25, -0.2) is 0 Å². The summed E-state index contributed by atoms with van der Waals surface area (Å²) in [6, 6.07) is 3.88. The average Bonchev–Trinajstić information content (AvgIpc) is 2.98. The molecule has 2 atom stereocenters. The number of aryl methyl sites for hydroxylation is 1. The van der Waals surface area contributed by atoms with E-state index in [1.807, 2.05) is 12.1 Å². The van der Waals surface area contributed by atoms with Gasteiger partial charge in [-0.3, -0.25) is 19.7 Å². The van der Waals surface area contributed by atoms with Crippen LogP contribution >= 0.6 is 0 Å². The number of piperazine rings is 1. The first kappa shape index (κ1) is 13.9. The zero-order chi connectivity index (χ0) is 15.0. The number of hydrogen-bond acceptors (Lipinski definition) is 4. The van der Waals surface area contributed by atoms with Crippen molar-refractivity contribution in [2.75, 3.05) is 13.1 Å². The van der Waals surface area contributed by atoms with Crippen LogP contribution in [0.4, 0.5) is 0 Å². The van der Waals surface area contributed by atoms with E-state index in [9.17, 15) is 14.4 Å². The van der Waals surface area contributed by atoms with Gasteiger partial charge in [-0.15, -0.1) is 0 Å². The van der Waals surface area contributed by atoms with Crippen LogP contribution in [0, 0.1) is 5.92 Å². The van der Waals surface area contributed by atoms with Crippen molar-refractivity contribution >= 4 is 17.7 Å². The fourth-order valence-corrected chi connectivity index (χ4v) is 2.65. The fourth-order valence-electron chi connectivity index (χ4n) is 2.65. The second-order valence-corrected chi connectivity index (χ2v) is 5.84. The quantitative estimate of drug-likeness (QED) is 0.833. The third-order valence-electron chi connectivity index (χ3n) is 4.04. The predicted octanol–water partition coefficient (Wildman–Crippen LogP) is 0.821. The Morgan fingerprint density at radius 2 is 2.00 bits per heavy atom. The summed E-state index contributed by atoms with van der Waals surface area (Å²) in [6.45, 7) is 2.09. The molecule has 2 unspecified atom stereocenters. The zero-order valence-corrected chi connectivity index (χ0v) is 11.9. The molecule has 2 aliphatic rings. The predicted molar refractivity (Wildman–Crippen MR) is 73.3 cm³/mol. The van der Waals surface area contributed by atoms with Crippen LogP contribution in [0.25, 0.3) is 0 Å². The molecule has 6 nitrogen and oxygen atoms in total. The molecular formula is C15H18N2O4. The molecule has 3 amide bonds. The van der Waals surface area contributed by atoms with Crippen LogP contribution in [-0.2, 0) is 20.8 Å². The highest BCUT2D eigenvalue weighted by Crippen LogP contribution is 2.47. The van der Waals surface area contributed by atoms with E-state index in [1.165, 1.54) is 4.90 Å². The average molecular weight is 290 g/mol. The third kappa shape index (κ3) is 3.15. The Morgan fingerprint density at radius 1 is 1.33 bits per heavy atom. The van der Waals surface area contributed by atoms with Crippen LogP contribution in [0.2, 0.25) is 0 Å². The zero-order valence-electron chi connectivity index (χ0n) is 11.9. The highest BCUT2D eigenvalue weighted by atomic mass is 16.3. The maximum absolute atomic E-state index is 12.0. The Labute approximate surface area is 122 Å². The largest absolute Gasteiger partial charge is 0.466 e. The SMILES string of the molecule is CC1CC1c1ccc(CCC(=O)N2CC(=O)NC(=O)C2)o1. The van der Waals surface area contributed by atoms with E-state index in [1.54, 1.807) is 0 Å². The Kier molecular flexibility index (Phi) is 3.53. The Balaban J connectivity index is 1.52. The standard InChI is InChI=1S/C15H18N2O4/c1-9-6-11(9)12-4-2-10(21-12)3-5-15(20)17-7-13(18)16-14(19)8-17/h2,4,9,11H,3,5-8H2,1H3,(H,16,18,19). The fraction of sp³-hybridized carbons (Fsp3) is 0.533. The van der Waals surface area contributed by atoms with E-state index in [4.69, 9.17) is 4.42 Å². The van der Waals surface area contributed by atoms with Gasteiger partial charge in [-0.1, -0.05) is 6.92 Å². The van der Waals surface area contributed by atoms with Gasteiger partial charge in [0.05, 0.1) is 0 Å². The van der Waals surface area contributed by atoms with Crippen molar-refractivity contribution in [1.29, 1.82) is 0 Å². The molecule has 6 heteroatoms. The van der Waals surface area contributed by atoms with E-state index in [0.29, 0.717) is 18.3 Å². The second kappa shape index (κ2) is 5.35. The summed E-state index contributed by atoms with van der Waals surface area (Å²) < 4.78 is 5.74. The smallest absolute Gasteiger partial charge is 0.246 e. The lowest BCUT2D eigenvalue weighted by atomic mass is 10.2. The Hall–Kier alpha value is -2.11. The first-order valence-corrected chi connectivity index (χ1v) is 7.22. The van der Waals surface area contributed by atoms with Gasteiger partial charge in [-0.05, 0) is 24.5 Å². The number of amides is 3. The molecule has 1 aromatic heterocycles. The minimum absolute atomic E-state index is 0.0480. The maximum atomic E-state index is 12.0. The Bertz CT molecular complexity index is 576. The summed E-state index contributed by atoms with van der Waals surface area (Å²) in [4.78, 5) is 35.8. The number of nitrogens with one attached hydrogen (secondary N) is 1. The molecule has 0 aromatic carbocycles. The molecule has 1 saturated heterocycles. The van der Waals surface area contributed by atoms with Gasteiger partial charge in [-0.2, -0.15) is 0 Å². The number of rotatable bonds is 4. The summed E-state index contributed by atoms with van der Waals surface area (Å²) in [6.07, 6.45) is 1.90. The van der Waals surface area contributed by atoms with Gasteiger partial charge in [0.15, 0.2) is 0 Å². The molecule has 0 spiro atoms. The van der Waals surface area contributed by atoms with Crippen LogP contribution in [0.3, 0.4) is 0 Å². The lowest BCUT2D eigenvalue weighted by molar-refractivity contribution is -0.145. The second-order valence-electron chi connectivity index (χ2n) is 5.84. The van der Waals surface area contributed by atoms with E-state index in [0.717, 1.165) is 17.9 Å². The summed E-state index contributed by atoms with van der Waals surface area (Å²) in [7, 11) is 0. The van der Waals surface area contributed by atoms with E-state index < -0.39 is 11.8 Å². The molecule has 1 N–H and O–H groups in total. The maximum Gasteiger partial charge on any atom is 0.246 e. The van der Waals surface area contributed by atoms with E-state index in [-0.39, 0.29) is 25.4 Å². The molecule has 0 bridgehead atoms. The van der Waals surface area contributed by atoms with E-state index in [2.05, 4.69) is 12.2 Å². The van der Waals surface area contributed by atoms with Crippen molar-refractivity contribution in [3.8, 4) is 0 Å². The minimum atomic E-state index is -0.428. The molecule has 1 saturated carbocycles. The summed E-state index contributed by atoms with van der Waals surface area (Å²) in [5.74, 6) is 1.94. The van der Waals surface area contributed by atoms with Crippen LogP contribution in [0.15, 0.2) is 16.5 Å².